The predicted molar refractivity (Wildman–Crippen MR) is 192 cm³/mol. The molecule has 0 saturated heterocycles. The standard InChI is InChI=1S/C41H41N3O8/c1-25(2)36(42-38(45)27-16-17-27)40(47)43(22-26-14-18-30(49-3)19-15-26)37-31-20-34-35(52-24-51-34)21-32(31)44(39(46)28-10-6-4-7-11-28)33(37)23-50-41(48)29-12-8-5-9-13-29/h4-15,18-21,25,27,33,36-37H,16-17,22-24H2,1-3H3,(H,42,45)/t33-,36+,37+/m1/s1. The summed E-state index contributed by atoms with van der Waals surface area (Å²) in [5.41, 5.74) is 2.67. The van der Waals surface area contributed by atoms with Crippen LogP contribution in [0.25, 0.3) is 0 Å². The van der Waals surface area contributed by atoms with E-state index in [1.807, 2.05) is 44.2 Å². The van der Waals surface area contributed by atoms with Gasteiger partial charge in [0.2, 0.25) is 18.6 Å². The van der Waals surface area contributed by atoms with Crippen molar-refractivity contribution in [2.45, 2.75) is 51.4 Å². The van der Waals surface area contributed by atoms with Crippen LogP contribution < -0.4 is 24.4 Å². The summed E-state index contributed by atoms with van der Waals surface area (Å²) in [6.45, 7) is 3.66. The van der Waals surface area contributed by atoms with Crippen LogP contribution in [0.4, 0.5) is 5.69 Å². The van der Waals surface area contributed by atoms with E-state index in [-0.39, 0.29) is 49.5 Å². The van der Waals surface area contributed by atoms with Gasteiger partial charge in [0.05, 0.1) is 30.4 Å². The lowest BCUT2D eigenvalue weighted by Gasteiger charge is -2.38. The summed E-state index contributed by atoms with van der Waals surface area (Å²) in [5.74, 6) is -0.190. The number of ether oxygens (including phenoxy) is 4. The fraction of sp³-hybridized carbons (Fsp3) is 0.317. The molecule has 3 atom stereocenters. The summed E-state index contributed by atoms with van der Waals surface area (Å²) in [6, 6.07) is 25.8. The van der Waals surface area contributed by atoms with E-state index in [1.165, 1.54) is 0 Å². The van der Waals surface area contributed by atoms with Gasteiger partial charge < -0.3 is 29.2 Å². The first kappa shape index (κ1) is 34.6. The van der Waals surface area contributed by atoms with Gasteiger partial charge in [0, 0.05) is 29.7 Å². The SMILES string of the molecule is COc1ccc(CN(C(=O)[C@@H](NC(=O)C2CC2)C(C)C)[C@H]2c3cc4c(cc3N(C(=O)c3ccccc3)[C@@H]2COC(=O)c2ccccc2)OCO4)cc1. The van der Waals surface area contributed by atoms with E-state index in [4.69, 9.17) is 18.9 Å². The summed E-state index contributed by atoms with van der Waals surface area (Å²) in [7, 11) is 1.58. The third kappa shape index (κ3) is 7.03. The molecule has 7 rings (SSSR count). The molecule has 1 aliphatic carbocycles. The number of rotatable bonds is 12. The Balaban J connectivity index is 1.37. The Morgan fingerprint density at radius 1 is 0.865 bits per heavy atom. The first-order chi connectivity index (χ1) is 25.2. The molecule has 268 valence electrons. The molecule has 0 aromatic heterocycles. The highest BCUT2D eigenvalue weighted by molar-refractivity contribution is 6.08. The van der Waals surface area contributed by atoms with Gasteiger partial charge in [-0.05, 0) is 66.8 Å². The second-order valence-corrected chi connectivity index (χ2v) is 13.6. The van der Waals surface area contributed by atoms with Crippen LogP contribution in [-0.4, -0.2) is 61.2 Å². The highest BCUT2D eigenvalue weighted by Gasteiger charge is 2.49. The van der Waals surface area contributed by atoms with Gasteiger partial charge in [-0.1, -0.05) is 62.4 Å². The lowest BCUT2D eigenvalue weighted by Crippen LogP contribution is -2.55. The van der Waals surface area contributed by atoms with Crippen molar-refractivity contribution in [3.8, 4) is 17.2 Å². The minimum Gasteiger partial charge on any atom is -0.497 e. The smallest absolute Gasteiger partial charge is 0.338 e. The van der Waals surface area contributed by atoms with Crippen molar-refractivity contribution in [1.82, 2.24) is 10.2 Å². The number of fused-ring (bicyclic) bond motifs is 2. The fourth-order valence-corrected chi connectivity index (χ4v) is 6.81. The van der Waals surface area contributed by atoms with Crippen LogP contribution in [-0.2, 0) is 20.9 Å². The molecular weight excluding hydrogens is 662 g/mol. The molecule has 2 aliphatic heterocycles. The highest BCUT2D eigenvalue weighted by Crippen LogP contribution is 2.50. The topological polar surface area (TPSA) is 124 Å². The fourth-order valence-electron chi connectivity index (χ4n) is 6.81. The summed E-state index contributed by atoms with van der Waals surface area (Å²) in [4.78, 5) is 59.6. The van der Waals surface area contributed by atoms with Crippen LogP contribution in [0.2, 0.25) is 0 Å². The van der Waals surface area contributed by atoms with Crippen molar-refractivity contribution in [2.24, 2.45) is 11.8 Å². The third-order valence-electron chi connectivity index (χ3n) is 9.74. The average Bonchev–Trinajstić information content (AvgIpc) is 3.85. The zero-order valence-corrected chi connectivity index (χ0v) is 29.3. The quantitative estimate of drug-likeness (QED) is 0.180. The van der Waals surface area contributed by atoms with E-state index in [9.17, 15) is 14.4 Å². The highest BCUT2D eigenvalue weighted by atomic mass is 16.7. The van der Waals surface area contributed by atoms with Crippen molar-refractivity contribution in [3.05, 3.63) is 119 Å². The Bertz CT molecular complexity index is 1950. The second kappa shape index (κ2) is 14.8. The van der Waals surface area contributed by atoms with Gasteiger partial charge in [-0.2, -0.15) is 0 Å². The van der Waals surface area contributed by atoms with Crippen molar-refractivity contribution in [1.29, 1.82) is 0 Å². The van der Waals surface area contributed by atoms with Crippen LogP contribution in [0, 0.1) is 11.8 Å². The van der Waals surface area contributed by atoms with Gasteiger partial charge in [0.1, 0.15) is 18.4 Å². The molecule has 2 heterocycles. The average molecular weight is 704 g/mol. The number of hydrogen-bond acceptors (Lipinski definition) is 8. The third-order valence-corrected chi connectivity index (χ3v) is 9.74. The molecule has 0 radical (unpaired) electrons. The van der Waals surface area contributed by atoms with Gasteiger partial charge >= 0.3 is 5.97 Å². The first-order valence-corrected chi connectivity index (χ1v) is 17.5. The van der Waals surface area contributed by atoms with Crippen molar-refractivity contribution < 1.29 is 38.1 Å². The zero-order chi connectivity index (χ0) is 36.4. The maximum atomic E-state index is 15.1. The molecular formula is C41H41N3O8. The summed E-state index contributed by atoms with van der Waals surface area (Å²) in [5, 5.41) is 3.04. The number of carbonyl (C=O) groups is 4. The number of anilines is 1. The molecule has 0 unspecified atom stereocenters. The monoisotopic (exact) mass is 703 g/mol. The summed E-state index contributed by atoms with van der Waals surface area (Å²) < 4.78 is 23.0. The van der Waals surface area contributed by atoms with E-state index < -0.39 is 24.1 Å². The van der Waals surface area contributed by atoms with Crippen LogP contribution >= 0.6 is 0 Å². The Kier molecular flexibility index (Phi) is 9.84. The zero-order valence-electron chi connectivity index (χ0n) is 29.3. The molecule has 4 aromatic rings. The lowest BCUT2D eigenvalue weighted by molar-refractivity contribution is -0.141. The molecule has 4 aromatic carbocycles. The number of methoxy groups -OCH3 is 1. The van der Waals surface area contributed by atoms with E-state index >= 15 is 4.79 Å². The minimum absolute atomic E-state index is 0.00472. The molecule has 0 bridgehead atoms. The Morgan fingerprint density at radius 2 is 1.50 bits per heavy atom. The minimum atomic E-state index is -0.882. The van der Waals surface area contributed by atoms with Gasteiger partial charge in [-0.3, -0.25) is 19.3 Å². The number of hydrogen-bond donors (Lipinski definition) is 1. The molecule has 52 heavy (non-hydrogen) atoms. The number of amides is 3. The molecule has 3 aliphatic rings. The molecule has 1 saturated carbocycles. The van der Waals surface area contributed by atoms with Gasteiger partial charge in [-0.15, -0.1) is 0 Å². The second-order valence-electron chi connectivity index (χ2n) is 13.6. The number of nitrogens with zero attached hydrogens (tertiary/aromatic N) is 2. The molecule has 1 N–H and O–H groups in total. The Labute approximate surface area is 302 Å². The van der Waals surface area contributed by atoms with E-state index in [1.54, 1.807) is 83.6 Å². The van der Waals surface area contributed by atoms with E-state index in [0.717, 1.165) is 18.4 Å². The van der Waals surface area contributed by atoms with Crippen molar-refractivity contribution in [2.75, 3.05) is 25.4 Å². The van der Waals surface area contributed by atoms with Crippen LogP contribution in [0.1, 0.15) is 64.6 Å². The Hall–Kier alpha value is -5.84. The van der Waals surface area contributed by atoms with E-state index in [0.29, 0.717) is 39.6 Å². The molecule has 1 fully saturated rings. The van der Waals surface area contributed by atoms with Crippen molar-refractivity contribution >= 4 is 29.4 Å². The first-order valence-electron chi connectivity index (χ1n) is 17.5. The molecule has 11 heteroatoms. The van der Waals surface area contributed by atoms with Gasteiger partial charge in [-0.25, -0.2) is 4.79 Å². The van der Waals surface area contributed by atoms with Gasteiger partial charge in [0.25, 0.3) is 5.91 Å². The molecule has 11 nitrogen and oxygen atoms in total. The van der Waals surface area contributed by atoms with Crippen LogP contribution in [0.15, 0.2) is 97.1 Å². The largest absolute Gasteiger partial charge is 0.497 e. The molecule has 0 spiro atoms. The summed E-state index contributed by atoms with van der Waals surface area (Å²) in [6.07, 6.45) is 1.57. The number of benzene rings is 4. The van der Waals surface area contributed by atoms with E-state index in [2.05, 4.69) is 5.32 Å². The summed E-state index contributed by atoms with van der Waals surface area (Å²) >= 11 is 0. The maximum absolute atomic E-state index is 15.1. The van der Waals surface area contributed by atoms with Gasteiger partial charge in [0.15, 0.2) is 11.5 Å². The molecule has 3 amide bonds. The van der Waals surface area contributed by atoms with Crippen LogP contribution in [0.5, 0.6) is 17.2 Å². The Morgan fingerprint density at radius 3 is 2.12 bits per heavy atom. The van der Waals surface area contributed by atoms with Crippen molar-refractivity contribution in [3.63, 3.8) is 0 Å². The number of carbonyl (C=O) groups excluding carboxylic acids is 4. The maximum Gasteiger partial charge on any atom is 0.338 e. The number of nitrogens with one attached hydrogen (secondary N) is 1. The number of esters is 1. The van der Waals surface area contributed by atoms with Crippen LogP contribution in [0.3, 0.4) is 0 Å². The predicted octanol–water partition coefficient (Wildman–Crippen LogP) is 5.93. The normalized spacial score (nSPS) is 17.7. The lowest BCUT2D eigenvalue weighted by atomic mass is 9.96.